The Balaban J connectivity index is 2.17. The number of hydrogen-bond acceptors (Lipinski definition) is 3. The first kappa shape index (κ1) is 15.2. The van der Waals surface area contributed by atoms with E-state index in [2.05, 4.69) is 5.32 Å². The van der Waals surface area contributed by atoms with Gasteiger partial charge in [-0.05, 0) is 16.7 Å². The maximum atomic E-state index is 11.8. The lowest BCUT2D eigenvalue weighted by atomic mass is 10.00. The fourth-order valence-corrected chi connectivity index (χ4v) is 2.28. The van der Waals surface area contributed by atoms with Crippen LogP contribution >= 0.6 is 0 Å². The van der Waals surface area contributed by atoms with Crippen molar-refractivity contribution in [3.63, 3.8) is 0 Å². The SMILES string of the molecule is COCc1ccccc1C(NCc1ccccc1)C(N)=O. The number of rotatable bonds is 7. The molecule has 21 heavy (non-hydrogen) atoms. The minimum atomic E-state index is -0.531. The quantitative estimate of drug-likeness (QED) is 0.819. The largest absolute Gasteiger partial charge is 0.380 e. The molecule has 0 fully saturated rings. The third-order valence-corrected chi connectivity index (χ3v) is 3.30. The number of carbonyl (C=O) groups excluding carboxylic acids is 1. The predicted octanol–water partition coefficient (Wildman–Crippen LogP) is 2.15. The van der Waals surface area contributed by atoms with Gasteiger partial charge in [0, 0.05) is 13.7 Å². The Kier molecular flexibility index (Phi) is 5.49. The van der Waals surface area contributed by atoms with Gasteiger partial charge in [0.25, 0.3) is 0 Å². The second kappa shape index (κ2) is 7.57. The molecule has 0 spiro atoms. The molecule has 1 amide bonds. The number of amides is 1. The summed E-state index contributed by atoms with van der Waals surface area (Å²) in [4.78, 5) is 11.8. The molecule has 3 N–H and O–H groups in total. The molecule has 2 aromatic carbocycles. The van der Waals surface area contributed by atoms with E-state index in [1.54, 1.807) is 7.11 Å². The van der Waals surface area contributed by atoms with Crippen molar-refractivity contribution in [2.45, 2.75) is 19.2 Å². The fourth-order valence-electron chi connectivity index (χ4n) is 2.28. The smallest absolute Gasteiger partial charge is 0.239 e. The molecule has 4 heteroatoms. The number of primary amides is 1. The zero-order chi connectivity index (χ0) is 15.1. The molecular formula is C17H20N2O2. The Labute approximate surface area is 124 Å². The highest BCUT2D eigenvalue weighted by atomic mass is 16.5. The first-order valence-corrected chi connectivity index (χ1v) is 6.85. The van der Waals surface area contributed by atoms with Gasteiger partial charge in [-0.3, -0.25) is 10.1 Å². The van der Waals surface area contributed by atoms with Crippen molar-refractivity contribution in [1.29, 1.82) is 0 Å². The van der Waals surface area contributed by atoms with E-state index in [0.717, 1.165) is 16.7 Å². The van der Waals surface area contributed by atoms with Crippen molar-refractivity contribution in [2.24, 2.45) is 5.73 Å². The summed E-state index contributed by atoms with van der Waals surface area (Å²) in [6.45, 7) is 1.03. The Bertz CT molecular complexity index is 584. The van der Waals surface area contributed by atoms with E-state index in [4.69, 9.17) is 10.5 Å². The monoisotopic (exact) mass is 284 g/mol. The topological polar surface area (TPSA) is 64.3 Å². The van der Waals surface area contributed by atoms with Crippen LogP contribution in [0.5, 0.6) is 0 Å². The zero-order valence-electron chi connectivity index (χ0n) is 12.1. The number of carbonyl (C=O) groups is 1. The summed E-state index contributed by atoms with van der Waals surface area (Å²) >= 11 is 0. The molecule has 0 aliphatic carbocycles. The summed E-state index contributed by atoms with van der Waals surface area (Å²) in [6.07, 6.45) is 0. The minimum absolute atomic E-state index is 0.394. The van der Waals surface area contributed by atoms with Gasteiger partial charge < -0.3 is 10.5 Å². The lowest BCUT2D eigenvalue weighted by molar-refractivity contribution is -0.120. The predicted molar refractivity (Wildman–Crippen MR) is 82.4 cm³/mol. The van der Waals surface area contributed by atoms with Crippen molar-refractivity contribution in [1.82, 2.24) is 5.32 Å². The molecule has 1 unspecified atom stereocenters. The number of methoxy groups -OCH3 is 1. The molecule has 2 aromatic rings. The van der Waals surface area contributed by atoms with E-state index in [1.807, 2.05) is 54.6 Å². The van der Waals surface area contributed by atoms with Crippen LogP contribution in [0.4, 0.5) is 0 Å². The van der Waals surface area contributed by atoms with Crippen LogP contribution in [0, 0.1) is 0 Å². The van der Waals surface area contributed by atoms with Gasteiger partial charge in [0.2, 0.25) is 5.91 Å². The highest BCUT2D eigenvalue weighted by Crippen LogP contribution is 2.19. The van der Waals surface area contributed by atoms with Crippen molar-refractivity contribution < 1.29 is 9.53 Å². The van der Waals surface area contributed by atoms with E-state index >= 15 is 0 Å². The Morgan fingerprint density at radius 3 is 2.48 bits per heavy atom. The summed E-state index contributed by atoms with van der Waals surface area (Å²) in [5.74, 6) is -0.394. The summed E-state index contributed by atoms with van der Waals surface area (Å²) in [5, 5.41) is 3.22. The van der Waals surface area contributed by atoms with Crippen LogP contribution in [0.25, 0.3) is 0 Å². The second-order valence-electron chi connectivity index (χ2n) is 4.83. The van der Waals surface area contributed by atoms with Crippen molar-refractivity contribution in [3.05, 3.63) is 71.3 Å². The summed E-state index contributed by atoms with van der Waals surface area (Å²) in [5.41, 5.74) is 8.49. The lowest BCUT2D eigenvalue weighted by Gasteiger charge is -2.19. The molecule has 2 rings (SSSR count). The number of benzene rings is 2. The van der Waals surface area contributed by atoms with Crippen LogP contribution in [0.15, 0.2) is 54.6 Å². The number of hydrogen-bond donors (Lipinski definition) is 2. The van der Waals surface area contributed by atoms with E-state index in [-0.39, 0.29) is 0 Å². The zero-order valence-corrected chi connectivity index (χ0v) is 12.1. The number of ether oxygens (including phenoxy) is 1. The average molecular weight is 284 g/mol. The van der Waals surface area contributed by atoms with Gasteiger partial charge in [0.15, 0.2) is 0 Å². The molecule has 1 atom stereocenters. The highest BCUT2D eigenvalue weighted by molar-refractivity contribution is 5.81. The minimum Gasteiger partial charge on any atom is -0.380 e. The van der Waals surface area contributed by atoms with Gasteiger partial charge in [0.1, 0.15) is 6.04 Å². The van der Waals surface area contributed by atoms with Crippen LogP contribution < -0.4 is 11.1 Å². The van der Waals surface area contributed by atoms with Crippen LogP contribution in [-0.2, 0) is 22.7 Å². The van der Waals surface area contributed by atoms with E-state index < -0.39 is 11.9 Å². The van der Waals surface area contributed by atoms with Gasteiger partial charge in [-0.25, -0.2) is 0 Å². The van der Waals surface area contributed by atoms with Crippen molar-refractivity contribution in [2.75, 3.05) is 7.11 Å². The van der Waals surface area contributed by atoms with Gasteiger partial charge in [0.05, 0.1) is 6.61 Å². The second-order valence-corrected chi connectivity index (χ2v) is 4.83. The van der Waals surface area contributed by atoms with Crippen molar-refractivity contribution >= 4 is 5.91 Å². The van der Waals surface area contributed by atoms with Gasteiger partial charge in [-0.15, -0.1) is 0 Å². The number of nitrogens with two attached hydrogens (primary N) is 1. The Morgan fingerprint density at radius 2 is 1.81 bits per heavy atom. The van der Waals surface area contributed by atoms with E-state index in [9.17, 15) is 4.79 Å². The molecule has 4 nitrogen and oxygen atoms in total. The third-order valence-electron chi connectivity index (χ3n) is 3.30. The van der Waals surface area contributed by atoms with Gasteiger partial charge in [-0.2, -0.15) is 0 Å². The first-order valence-electron chi connectivity index (χ1n) is 6.85. The molecule has 0 aliphatic rings. The third kappa shape index (κ3) is 4.15. The average Bonchev–Trinajstić information content (AvgIpc) is 2.50. The molecule has 0 aromatic heterocycles. The molecule has 0 saturated heterocycles. The van der Waals surface area contributed by atoms with Gasteiger partial charge in [-0.1, -0.05) is 54.6 Å². The normalized spacial score (nSPS) is 12.0. The lowest BCUT2D eigenvalue weighted by Crippen LogP contribution is -2.34. The summed E-state index contributed by atoms with van der Waals surface area (Å²) in [6, 6.07) is 17.0. The molecule has 0 saturated carbocycles. The summed E-state index contributed by atoms with van der Waals surface area (Å²) < 4.78 is 5.18. The van der Waals surface area contributed by atoms with E-state index in [1.165, 1.54) is 0 Å². The molecule has 0 bridgehead atoms. The first-order chi connectivity index (χ1) is 10.2. The van der Waals surface area contributed by atoms with Crippen LogP contribution in [0.1, 0.15) is 22.7 Å². The molecular weight excluding hydrogens is 264 g/mol. The maximum absolute atomic E-state index is 11.8. The Morgan fingerprint density at radius 1 is 1.14 bits per heavy atom. The molecule has 110 valence electrons. The number of nitrogens with one attached hydrogen (secondary N) is 1. The fraction of sp³-hybridized carbons (Fsp3) is 0.235. The highest BCUT2D eigenvalue weighted by Gasteiger charge is 2.19. The van der Waals surface area contributed by atoms with Crippen molar-refractivity contribution in [3.8, 4) is 0 Å². The summed E-state index contributed by atoms with van der Waals surface area (Å²) in [7, 11) is 1.63. The molecule has 0 radical (unpaired) electrons. The molecule has 0 aliphatic heterocycles. The Hall–Kier alpha value is -2.17. The van der Waals surface area contributed by atoms with Gasteiger partial charge >= 0.3 is 0 Å². The van der Waals surface area contributed by atoms with Crippen LogP contribution in [0.2, 0.25) is 0 Å². The van der Waals surface area contributed by atoms with Crippen LogP contribution in [-0.4, -0.2) is 13.0 Å². The standard InChI is InChI=1S/C17H20N2O2/c1-21-12-14-9-5-6-10-15(14)16(17(18)20)19-11-13-7-3-2-4-8-13/h2-10,16,19H,11-12H2,1H3,(H2,18,20). The maximum Gasteiger partial charge on any atom is 0.239 e. The van der Waals surface area contributed by atoms with Crippen LogP contribution in [0.3, 0.4) is 0 Å². The van der Waals surface area contributed by atoms with E-state index in [0.29, 0.717) is 13.2 Å². The molecule has 0 heterocycles.